The molecule has 0 aromatic carbocycles. The van der Waals surface area contributed by atoms with Crippen LogP contribution in [-0.2, 0) is 0 Å². The molecule has 0 aliphatic carbocycles. The van der Waals surface area contributed by atoms with Crippen LogP contribution in [0.3, 0.4) is 0 Å². The Labute approximate surface area is 100 Å². The number of carboxylic acids is 1. The molecule has 0 radical (unpaired) electrons. The minimum absolute atomic E-state index is 0.0575. The SMILES string of the molecule is O=C(O)c1csc(-c2cn3ccccc3n2)n1. The second-order valence-corrected chi connectivity index (χ2v) is 4.29. The maximum absolute atomic E-state index is 10.7. The summed E-state index contributed by atoms with van der Waals surface area (Å²) in [5, 5.41) is 10.9. The van der Waals surface area contributed by atoms with Crippen molar-refractivity contribution in [3.8, 4) is 10.7 Å². The van der Waals surface area contributed by atoms with Crippen molar-refractivity contribution < 1.29 is 9.90 Å². The molecule has 1 N–H and O–H groups in total. The molecule has 3 heterocycles. The van der Waals surface area contributed by atoms with E-state index < -0.39 is 5.97 Å². The van der Waals surface area contributed by atoms with Gasteiger partial charge in [-0.25, -0.2) is 14.8 Å². The highest BCUT2D eigenvalue weighted by molar-refractivity contribution is 7.13. The van der Waals surface area contributed by atoms with Crippen molar-refractivity contribution in [3.63, 3.8) is 0 Å². The van der Waals surface area contributed by atoms with Crippen LogP contribution in [0, 0.1) is 0 Å². The third-order valence-electron chi connectivity index (χ3n) is 2.31. The number of aromatic nitrogens is 3. The average molecular weight is 245 g/mol. The first kappa shape index (κ1) is 9.98. The molecule has 17 heavy (non-hydrogen) atoms. The molecule has 3 aromatic rings. The second-order valence-electron chi connectivity index (χ2n) is 3.44. The number of aromatic carboxylic acids is 1. The highest BCUT2D eigenvalue weighted by atomic mass is 32.1. The maximum Gasteiger partial charge on any atom is 0.355 e. The van der Waals surface area contributed by atoms with Crippen molar-refractivity contribution >= 4 is 23.0 Å². The van der Waals surface area contributed by atoms with E-state index in [0.717, 1.165) is 5.65 Å². The molecule has 0 saturated heterocycles. The fourth-order valence-corrected chi connectivity index (χ4v) is 2.27. The quantitative estimate of drug-likeness (QED) is 0.751. The number of rotatable bonds is 2. The summed E-state index contributed by atoms with van der Waals surface area (Å²) in [5.74, 6) is -1.02. The van der Waals surface area contributed by atoms with Gasteiger partial charge in [0.25, 0.3) is 0 Å². The second kappa shape index (κ2) is 3.67. The largest absolute Gasteiger partial charge is 0.476 e. The number of imidazole rings is 1. The number of carboxylic acid groups (broad SMARTS) is 1. The van der Waals surface area contributed by atoms with Crippen LogP contribution in [0.2, 0.25) is 0 Å². The summed E-state index contributed by atoms with van der Waals surface area (Å²) in [6.07, 6.45) is 3.72. The molecule has 84 valence electrons. The van der Waals surface area contributed by atoms with Gasteiger partial charge in [-0.05, 0) is 12.1 Å². The first-order chi connectivity index (χ1) is 8.24. The average Bonchev–Trinajstić information content (AvgIpc) is 2.95. The molecule has 0 atom stereocenters. The molecule has 0 unspecified atom stereocenters. The van der Waals surface area contributed by atoms with Crippen LogP contribution in [0.5, 0.6) is 0 Å². The predicted octanol–water partition coefficient (Wildman–Crippen LogP) is 2.16. The van der Waals surface area contributed by atoms with Crippen LogP contribution in [0.1, 0.15) is 10.5 Å². The van der Waals surface area contributed by atoms with Gasteiger partial charge in [0.05, 0.1) is 0 Å². The first-order valence-corrected chi connectivity index (χ1v) is 5.75. The molecule has 0 fully saturated rings. The fraction of sp³-hybridized carbons (Fsp3) is 0. The number of nitrogens with zero attached hydrogens (tertiary/aromatic N) is 3. The lowest BCUT2D eigenvalue weighted by Gasteiger charge is -1.86. The normalized spacial score (nSPS) is 10.8. The van der Waals surface area contributed by atoms with E-state index in [1.807, 2.05) is 35.0 Å². The van der Waals surface area contributed by atoms with Crippen LogP contribution in [0.15, 0.2) is 36.0 Å². The molecule has 0 bridgehead atoms. The van der Waals surface area contributed by atoms with Gasteiger partial charge < -0.3 is 9.51 Å². The summed E-state index contributed by atoms with van der Waals surface area (Å²) in [5.41, 5.74) is 1.56. The predicted molar refractivity (Wildman–Crippen MR) is 63.3 cm³/mol. The number of hydrogen-bond acceptors (Lipinski definition) is 4. The van der Waals surface area contributed by atoms with Gasteiger partial charge in [-0.2, -0.15) is 0 Å². The minimum Gasteiger partial charge on any atom is -0.476 e. The van der Waals surface area contributed by atoms with Crippen LogP contribution >= 0.6 is 11.3 Å². The van der Waals surface area contributed by atoms with Gasteiger partial charge in [0.1, 0.15) is 16.3 Å². The van der Waals surface area contributed by atoms with Gasteiger partial charge in [0.15, 0.2) is 5.69 Å². The molecule has 3 rings (SSSR count). The number of carbonyl (C=O) groups is 1. The first-order valence-electron chi connectivity index (χ1n) is 4.87. The van der Waals surface area contributed by atoms with E-state index in [-0.39, 0.29) is 5.69 Å². The topological polar surface area (TPSA) is 67.5 Å². The molecular formula is C11H7N3O2S. The van der Waals surface area contributed by atoms with E-state index in [1.54, 1.807) is 0 Å². The molecule has 0 amide bonds. The van der Waals surface area contributed by atoms with E-state index in [4.69, 9.17) is 5.11 Å². The van der Waals surface area contributed by atoms with E-state index >= 15 is 0 Å². The van der Waals surface area contributed by atoms with Gasteiger partial charge in [-0.15, -0.1) is 11.3 Å². The van der Waals surface area contributed by atoms with Crippen molar-refractivity contribution in [2.75, 3.05) is 0 Å². The smallest absolute Gasteiger partial charge is 0.355 e. The highest BCUT2D eigenvalue weighted by Gasteiger charge is 2.12. The standard InChI is InChI=1S/C11H7N3O2S/c15-11(16)8-6-17-10(13-8)7-5-14-4-2-1-3-9(14)12-7/h1-6H,(H,15,16). The van der Waals surface area contributed by atoms with E-state index in [1.165, 1.54) is 16.7 Å². The molecule has 3 aromatic heterocycles. The summed E-state index contributed by atoms with van der Waals surface area (Å²) in [6.45, 7) is 0. The summed E-state index contributed by atoms with van der Waals surface area (Å²) in [6, 6.07) is 5.69. The van der Waals surface area contributed by atoms with Gasteiger partial charge in [0, 0.05) is 17.8 Å². The lowest BCUT2D eigenvalue weighted by Crippen LogP contribution is -1.95. The Bertz CT molecular complexity index is 668. The van der Waals surface area contributed by atoms with Crippen LogP contribution in [0.25, 0.3) is 16.3 Å². The summed E-state index contributed by atoms with van der Waals surface area (Å²) in [4.78, 5) is 19.1. The third kappa shape index (κ3) is 1.68. The summed E-state index contributed by atoms with van der Waals surface area (Å²) < 4.78 is 1.87. The van der Waals surface area contributed by atoms with Gasteiger partial charge in [-0.3, -0.25) is 0 Å². The Kier molecular flexibility index (Phi) is 2.15. The zero-order chi connectivity index (χ0) is 11.8. The van der Waals surface area contributed by atoms with Crippen LogP contribution in [-0.4, -0.2) is 25.4 Å². The Morgan fingerprint density at radius 1 is 1.35 bits per heavy atom. The number of pyridine rings is 1. The van der Waals surface area contributed by atoms with Crippen molar-refractivity contribution in [1.29, 1.82) is 0 Å². The third-order valence-corrected chi connectivity index (χ3v) is 3.17. The van der Waals surface area contributed by atoms with Gasteiger partial charge in [-0.1, -0.05) is 6.07 Å². The van der Waals surface area contributed by atoms with E-state index in [0.29, 0.717) is 10.7 Å². The molecule has 0 aliphatic heterocycles. The van der Waals surface area contributed by atoms with Crippen molar-refractivity contribution in [1.82, 2.24) is 14.4 Å². The highest BCUT2D eigenvalue weighted by Crippen LogP contribution is 2.23. The molecule has 6 heteroatoms. The minimum atomic E-state index is -1.02. The Morgan fingerprint density at radius 3 is 2.94 bits per heavy atom. The van der Waals surface area contributed by atoms with E-state index in [9.17, 15) is 4.79 Å². The van der Waals surface area contributed by atoms with Crippen molar-refractivity contribution in [2.24, 2.45) is 0 Å². The lowest BCUT2D eigenvalue weighted by molar-refractivity contribution is 0.0691. The Balaban J connectivity index is 2.10. The molecule has 0 spiro atoms. The van der Waals surface area contributed by atoms with Gasteiger partial charge in [0.2, 0.25) is 0 Å². The monoisotopic (exact) mass is 245 g/mol. The summed E-state index contributed by atoms with van der Waals surface area (Å²) in [7, 11) is 0. The van der Waals surface area contributed by atoms with Crippen LogP contribution < -0.4 is 0 Å². The zero-order valence-corrected chi connectivity index (χ0v) is 9.39. The number of fused-ring (bicyclic) bond motifs is 1. The molecule has 0 aliphatic rings. The lowest BCUT2D eigenvalue weighted by atomic mass is 10.5. The summed E-state index contributed by atoms with van der Waals surface area (Å²) >= 11 is 1.28. The molecule has 5 nitrogen and oxygen atoms in total. The Hall–Kier alpha value is -2.21. The Morgan fingerprint density at radius 2 is 2.24 bits per heavy atom. The maximum atomic E-state index is 10.7. The fourth-order valence-electron chi connectivity index (χ4n) is 1.53. The van der Waals surface area contributed by atoms with E-state index in [2.05, 4.69) is 9.97 Å². The van der Waals surface area contributed by atoms with Crippen molar-refractivity contribution in [3.05, 3.63) is 41.7 Å². The van der Waals surface area contributed by atoms with Gasteiger partial charge >= 0.3 is 5.97 Å². The zero-order valence-electron chi connectivity index (χ0n) is 8.57. The number of hydrogen-bond donors (Lipinski definition) is 1. The molecular weight excluding hydrogens is 238 g/mol. The number of thiazole rings is 1. The molecule has 0 saturated carbocycles. The van der Waals surface area contributed by atoms with Crippen LogP contribution in [0.4, 0.5) is 0 Å². The van der Waals surface area contributed by atoms with Crippen molar-refractivity contribution in [2.45, 2.75) is 0 Å².